The van der Waals surface area contributed by atoms with Crippen molar-refractivity contribution in [1.82, 2.24) is 4.90 Å². The van der Waals surface area contributed by atoms with Crippen molar-refractivity contribution in [3.63, 3.8) is 0 Å². The van der Waals surface area contributed by atoms with E-state index in [0.29, 0.717) is 18.0 Å². The Morgan fingerprint density at radius 1 is 1.46 bits per heavy atom. The quantitative estimate of drug-likeness (QED) is 0.607. The summed E-state index contributed by atoms with van der Waals surface area (Å²) in [5.74, 6) is 1.12. The first-order valence-electron chi connectivity index (χ1n) is 5.53. The molecule has 1 saturated heterocycles. The standard InChI is InChI=1S/C11H19NO/c1-3-10-7-9-5-4-6-11(9)12(10)8(2)13/h9-11H,3-7H2,1-2H3. The summed E-state index contributed by atoms with van der Waals surface area (Å²) in [6.07, 6.45) is 6.33. The molecule has 1 aliphatic carbocycles. The third kappa shape index (κ3) is 1.36. The van der Waals surface area contributed by atoms with Gasteiger partial charge < -0.3 is 4.90 Å². The second-order valence-corrected chi connectivity index (χ2v) is 4.48. The van der Waals surface area contributed by atoms with Gasteiger partial charge in [-0.2, -0.15) is 0 Å². The van der Waals surface area contributed by atoms with Crippen molar-refractivity contribution in [1.29, 1.82) is 0 Å². The molecule has 2 aliphatic rings. The Bertz CT molecular complexity index is 214. The molecule has 0 N–H and O–H groups in total. The maximum absolute atomic E-state index is 11.5. The van der Waals surface area contributed by atoms with Crippen LogP contribution in [-0.2, 0) is 4.79 Å². The van der Waals surface area contributed by atoms with Gasteiger partial charge in [0, 0.05) is 19.0 Å². The zero-order valence-electron chi connectivity index (χ0n) is 8.62. The molecule has 3 atom stereocenters. The summed E-state index contributed by atoms with van der Waals surface area (Å²) in [5.41, 5.74) is 0. The van der Waals surface area contributed by atoms with E-state index in [1.165, 1.54) is 25.7 Å². The van der Waals surface area contributed by atoms with Gasteiger partial charge in [0.25, 0.3) is 0 Å². The Morgan fingerprint density at radius 3 is 2.85 bits per heavy atom. The minimum absolute atomic E-state index is 0.293. The predicted octanol–water partition coefficient (Wildman–Crippen LogP) is 2.19. The van der Waals surface area contributed by atoms with E-state index in [1.807, 2.05) is 0 Å². The Morgan fingerprint density at radius 2 is 2.23 bits per heavy atom. The lowest BCUT2D eigenvalue weighted by Crippen LogP contribution is -2.39. The molecule has 2 rings (SSSR count). The van der Waals surface area contributed by atoms with Crippen LogP contribution in [0.2, 0.25) is 0 Å². The van der Waals surface area contributed by atoms with Crippen LogP contribution in [0, 0.1) is 5.92 Å². The van der Waals surface area contributed by atoms with Crippen LogP contribution >= 0.6 is 0 Å². The number of amides is 1. The highest BCUT2D eigenvalue weighted by atomic mass is 16.2. The molecule has 2 nitrogen and oxygen atoms in total. The van der Waals surface area contributed by atoms with E-state index < -0.39 is 0 Å². The molecule has 0 aromatic carbocycles. The predicted molar refractivity (Wildman–Crippen MR) is 52.3 cm³/mol. The summed E-state index contributed by atoms with van der Waals surface area (Å²) in [6, 6.07) is 1.15. The van der Waals surface area contributed by atoms with E-state index in [9.17, 15) is 4.79 Å². The third-order valence-electron chi connectivity index (χ3n) is 3.78. The lowest BCUT2D eigenvalue weighted by molar-refractivity contribution is -0.131. The van der Waals surface area contributed by atoms with E-state index in [-0.39, 0.29) is 0 Å². The van der Waals surface area contributed by atoms with Crippen molar-refractivity contribution in [2.24, 2.45) is 5.92 Å². The molecule has 13 heavy (non-hydrogen) atoms. The fourth-order valence-corrected chi connectivity index (χ4v) is 3.25. The monoisotopic (exact) mass is 181 g/mol. The largest absolute Gasteiger partial charge is 0.337 e. The SMILES string of the molecule is CCC1CC2CCCC2N1C(C)=O. The normalized spacial score (nSPS) is 38.0. The fraction of sp³-hybridized carbons (Fsp3) is 0.909. The van der Waals surface area contributed by atoms with Crippen LogP contribution in [0.3, 0.4) is 0 Å². The van der Waals surface area contributed by atoms with Crippen LogP contribution < -0.4 is 0 Å². The van der Waals surface area contributed by atoms with Crippen LogP contribution in [0.25, 0.3) is 0 Å². The zero-order valence-corrected chi connectivity index (χ0v) is 8.62. The van der Waals surface area contributed by atoms with E-state index >= 15 is 0 Å². The molecule has 3 unspecified atom stereocenters. The topological polar surface area (TPSA) is 20.3 Å². The van der Waals surface area contributed by atoms with Crippen LogP contribution in [0.5, 0.6) is 0 Å². The molecule has 1 aliphatic heterocycles. The number of rotatable bonds is 1. The zero-order chi connectivity index (χ0) is 9.42. The number of carbonyl (C=O) groups is 1. The fourth-order valence-electron chi connectivity index (χ4n) is 3.25. The van der Waals surface area contributed by atoms with Gasteiger partial charge in [-0.15, -0.1) is 0 Å². The lowest BCUT2D eigenvalue weighted by atomic mass is 10.0. The maximum atomic E-state index is 11.5. The van der Waals surface area contributed by atoms with Crippen LogP contribution in [0.1, 0.15) is 46.0 Å². The van der Waals surface area contributed by atoms with E-state index in [2.05, 4.69) is 11.8 Å². The minimum Gasteiger partial charge on any atom is -0.337 e. The average Bonchev–Trinajstić information content (AvgIpc) is 2.59. The number of carbonyl (C=O) groups excluding carboxylic acids is 1. The summed E-state index contributed by atoms with van der Waals surface area (Å²) < 4.78 is 0. The van der Waals surface area contributed by atoms with E-state index in [1.54, 1.807) is 6.92 Å². The van der Waals surface area contributed by atoms with Crippen molar-refractivity contribution >= 4 is 5.91 Å². The molecule has 1 heterocycles. The van der Waals surface area contributed by atoms with E-state index in [4.69, 9.17) is 0 Å². The van der Waals surface area contributed by atoms with Crippen molar-refractivity contribution in [2.45, 2.75) is 58.0 Å². The van der Waals surface area contributed by atoms with Crippen molar-refractivity contribution in [3.8, 4) is 0 Å². The Labute approximate surface area is 80.3 Å². The van der Waals surface area contributed by atoms with Gasteiger partial charge in [0.2, 0.25) is 5.91 Å². The number of hydrogen-bond donors (Lipinski definition) is 0. The average molecular weight is 181 g/mol. The van der Waals surface area contributed by atoms with Gasteiger partial charge in [0.1, 0.15) is 0 Å². The maximum Gasteiger partial charge on any atom is 0.219 e. The molecule has 0 spiro atoms. The highest BCUT2D eigenvalue weighted by molar-refractivity contribution is 5.74. The Kier molecular flexibility index (Phi) is 2.31. The first-order valence-corrected chi connectivity index (χ1v) is 5.53. The number of fused-ring (bicyclic) bond motifs is 1. The van der Waals surface area contributed by atoms with Crippen molar-refractivity contribution in [3.05, 3.63) is 0 Å². The molecule has 74 valence electrons. The molecule has 0 radical (unpaired) electrons. The third-order valence-corrected chi connectivity index (χ3v) is 3.78. The second-order valence-electron chi connectivity index (χ2n) is 4.48. The second kappa shape index (κ2) is 3.32. The summed E-state index contributed by atoms with van der Waals surface area (Å²) in [7, 11) is 0. The van der Waals surface area contributed by atoms with Crippen LogP contribution in [0.15, 0.2) is 0 Å². The highest BCUT2D eigenvalue weighted by Crippen LogP contribution is 2.41. The lowest BCUT2D eigenvalue weighted by Gasteiger charge is -2.27. The van der Waals surface area contributed by atoms with Crippen LogP contribution in [-0.4, -0.2) is 22.9 Å². The molecule has 2 heteroatoms. The van der Waals surface area contributed by atoms with Gasteiger partial charge in [-0.3, -0.25) is 4.79 Å². The molecular weight excluding hydrogens is 162 g/mol. The van der Waals surface area contributed by atoms with Gasteiger partial charge in [0.15, 0.2) is 0 Å². The summed E-state index contributed by atoms with van der Waals surface area (Å²) in [4.78, 5) is 13.6. The van der Waals surface area contributed by atoms with Gasteiger partial charge >= 0.3 is 0 Å². The first-order chi connectivity index (χ1) is 6.24. The number of nitrogens with zero attached hydrogens (tertiary/aromatic N) is 1. The van der Waals surface area contributed by atoms with Crippen molar-refractivity contribution in [2.75, 3.05) is 0 Å². The minimum atomic E-state index is 0.293. The van der Waals surface area contributed by atoms with Gasteiger partial charge in [-0.25, -0.2) is 0 Å². The smallest absolute Gasteiger partial charge is 0.219 e. The molecule has 1 amide bonds. The summed E-state index contributed by atoms with van der Waals surface area (Å²) in [6.45, 7) is 3.92. The molecule has 0 aromatic rings. The molecule has 1 saturated carbocycles. The van der Waals surface area contributed by atoms with Crippen LogP contribution in [0.4, 0.5) is 0 Å². The van der Waals surface area contributed by atoms with E-state index in [0.717, 1.165) is 12.3 Å². The Hall–Kier alpha value is -0.530. The van der Waals surface area contributed by atoms with Gasteiger partial charge in [-0.05, 0) is 31.6 Å². The molecule has 0 bridgehead atoms. The molecule has 0 aromatic heterocycles. The molecular formula is C11H19NO. The van der Waals surface area contributed by atoms with Gasteiger partial charge in [0.05, 0.1) is 0 Å². The van der Waals surface area contributed by atoms with Crippen molar-refractivity contribution < 1.29 is 4.79 Å². The number of hydrogen-bond acceptors (Lipinski definition) is 1. The summed E-state index contributed by atoms with van der Waals surface area (Å²) in [5, 5.41) is 0. The first kappa shape index (κ1) is 9.04. The number of likely N-dealkylation sites (tertiary alicyclic amines) is 1. The highest BCUT2D eigenvalue weighted by Gasteiger charge is 2.43. The molecule has 2 fully saturated rings. The Balaban J connectivity index is 2.14. The van der Waals surface area contributed by atoms with Gasteiger partial charge in [-0.1, -0.05) is 13.3 Å². The summed E-state index contributed by atoms with van der Waals surface area (Å²) >= 11 is 0.